The van der Waals surface area contributed by atoms with Gasteiger partial charge in [0.15, 0.2) is 0 Å². The van der Waals surface area contributed by atoms with E-state index in [0.29, 0.717) is 19.8 Å². The Morgan fingerprint density at radius 3 is 2.90 bits per heavy atom. The van der Waals surface area contributed by atoms with Gasteiger partial charge in [0.25, 0.3) is 0 Å². The minimum absolute atomic E-state index is 0.178. The first kappa shape index (κ1) is 7.98. The van der Waals surface area contributed by atoms with Gasteiger partial charge in [0.05, 0.1) is 25.9 Å². The number of hydrogen-bond acceptors (Lipinski definition) is 3. The van der Waals surface area contributed by atoms with Crippen molar-refractivity contribution < 1.29 is 14.6 Å². The van der Waals surface area contributed by atoms with Crippen molar-refractivity contribution in [2.75, 3.05) is 19.8 Å². The minimum Gasteiger partial charge on any atom is -0.388 e. The Kier molecular flexibility index (Phi) is 3.12. The summed E-state index contributed by atoms with van der Waals surface area (Å²) in [6, 6.07) is 0. The summed E-state index contributed by atoms with van der Waals surface area (Å²) in [6.45, 7) is 3.49. The van der Waals surface area contributed by atoms with Crippen molar-refractivity contribution in [1.29, 1.82) is 0 Å². The predicted octanol–water partition coefficient (Wildman–Crippen LogP) is 0.173. The quantitative estimate of drug-likeness (QED) is 0.573. The highest BCUT2D eigenvalue weighted by Crippen LogP contribution is 2.04. The highest BCUT2D eigenvalue weighted by Gasteiger charge is 2.15. The zero-order valence-electron chi connectivity index (χ0n) is 6.25. The molecule has 3 nitrogen and oxygen atoms in total. The van der Waals surface area contributed by atoms with E-state index in [4.69, 9.17) is 14.6 Å². The van der Waals surface area contributed by atoms with Crippen LogP contribution in [-0.4, -0.2) is 37.1 Å². The topological polar surface area (TPSA) is 38.7 Å². The van der Waals surface area contributed by atoms with E-state index in [9.17, 15) is 0 Å². The molecule has 10 heavy (non-hydrogen) atoms. The van der Waals surface area contributed by atoms with Gasteiger partial charge in [-0.25, -0.2) is 0 Å². The van der Waals surface area contributed by atoms with Gasteiger partial charge in [-0.05, 0) is 6.42 Å². The molecule has 1 aliphatic rings. The normalized spacial score (nSPS) is 35.4. The van der Waals surface area contributed by atoms with Crippen molar-refractivity contribution in [2.24, 2.45) is 0 Å². The smallest absolute Gasteiger partial charge is 0.101 e. The Morgan fingerprint density at radius 2 is 2.20 bits per heavy atom. The molecule has 1 saturated heterocycles. The first-order valence-corrected chi connectivity index (χ1v) is 3.70. The van der Waals surface area contributed by atoms with Crippen LogP contribution in [0.1, 0.15) is 13.3 Å². The van der Waals surface area contributed by atoms with Crippen LogP contribution in [-0.2, 0) is 9.47 Å². The van der Waals surface area contributed by atoms with Crippen LogP contribution in [0.2, 0.25) is 0 Å². The fourth-order valence-corrected chi connectivity index (χ4v) is 0.915. The highest BCUT2D eigenvalue weighted by atomic mass is 16.6. The van der Waals surface area contributed by atoms with Gasteiger partial charge in [-0.1, -0.05) is 6.92 Å². The lowest BCUT2D eigenvalue weighted by molar-refractivity contribution is 0.0107. The first-order chi connectivity index (χ1) is 4.83. The Labute approximate surface area is 60.9 Å². The second kappa shape index (κ2) is 3.91. The molecule has 60 valence electrons. The average molecular weight is 146 g/mol. The van der Waals surface area contributed by atoms with Crippen molar-refractivity contribution >= 4 is 0 Å². The van der Waals surface area contributed by atoms with Crippen LogP contribution in [0.4, 0.5) is 0 Å². The number of aliphatic hydroxyl groups excluding tert-OH is 1. The minimum atomic E-state index is -0.434. The molecule has 0 aromatic carbocycles. The van der Waals surface area contributed by atoms with Crippen LogP contribution in [0.15, 0.2) is 0 Å². The fourth-order valence-electron chi connectivity index (χ4n) is 0.915. The summed E-state index contributed by atoms with van der Waals surface area (Å²) in [5.41, 5.74) is 0. The van der Waals surface area contributed by atoms with Crippen molar-refractivity contribution in [2.45, 2.75) is 25.6 Å². The predicted molar refractivity (Wildman–Crippen MR) is 36.9 cm³/mol. The van der Waals surface area contributed by atoms with Gasteiger partial charge in [-0.15, -0.1) is 0 Å². The Bertz CT molecular complexity index is 94.9. The van der Waals surface area contributed by atoms with E-state index in [1.165, 1.54) is 0 Å². The summed E-state index contributed by atoms with van der Waals surface area (Å²) in [5.74, 6) is 0. The maximum atomic E-state index is 9.05. The van der Waals surface area contributed by atoms with Gasteiger partial charge in [-0.3, -0.25) is 0 Å². The SMILES string of the molecule is CCC1COCC(O)CO1. The molecular formula is C7H14O3. The molecule has 3 heteroatoms. The summed E-state index contributed by atoms with van der Waals surface area (Å²) < 4.78 is 10.4. The van der Waals surface area contributed by atoms with Crippen molar-refractivity contribution in [3.05, 3.63) is 0 Å². The standard InChI is InChI=1S/C7H14O3/c1-2-7-5-9-3-6(8)4-10-7/h6-8H,2-5H2,1H3. The van der Waals surface area contributed by atoms with E-state index in [2.05, 4.69) is 0 Å². The molecule has 0 bridgehead atoms. The Balaban J connectivity index is 2.26. The lowest BCUT2D eigenvalue weighted by atomic mass is 10.3. The molecule has 0 aromatic rings. The van der Waals surface area contributed by atoms with E-state index in [1.54, 1.807) is 0 Å². The van der Waals surface area contributed by atoms with E-state index < -0.39 is 6.10 Å². The van der Waals surface area contributed by atoms with Crippen molar-refractivity contribution in [3.63, 3.8) is 0 Å². The summed E-state index contributed by atoms with van der Waals surface area (Å²) >= 11 is 0. The number of rotatable bonds is 1. The molecule has 2 unspecified atom stereocenters. The molecule has 0 aromatic heterocycles. The van der Waals surface area contributed by atoms with Crippen LogP contribution in [0, 0.1) is 0 Å². The third-order valence-electron chi connectivity index (χ3n) is 1.59. The molecule has 0 radical (unpaired) electrons. The summed E-state index contributed by atoms with van der Waals surface area (Å²) in [6.07, 6.45) is 0.695. The van der Waals surface area contributed by atoms with E-state index in [-0.39, 0.29) is 6.10 Å². The van der Waals surface area contributed by atoms with Crippen LogP contribution < -0.4 is 0 Å². The first-order valence-electron chi connectivity index (χ1n) is 3.70. The van der Waals surface area contributed by atoms with Gasteiger partial charge >= 0.3 is 0 Å². The summed E-state index contributed by atoms with van der Waals surface area (Å²) in [4.78, 5) is 0. The van der Waals surface area contributed by atoms with Crippen LogP contribution in [0.5, 0.6) is 0 Å². The third-order valence-corrected chi connectivity index (χ3v) is 1.59. The lowest BCUT2D eigenvalue weighted by Gasteiger charge is -2.10. The van der Waals surface area contributed by atoms with E-state index in [1.807, 2.05) is 6.92 Å². The molecule has 0 spiro atoms. The van der Waals surface area contributed by atoms with Gasteiger partial charge in [-0.2, -0.15) is 0 Å². The highest BCUT2D eigenvalue weighted by molar-refractivity contribution is 4.62. The van der Waals surface area contributed by atoms with Crippen LogP contribution in [0.3, 0.4) is 0 Å². The zero-order valence-corrected chi connectivity index (χ0v) is 6.25. The maximum absolute atomic E-state index is 9.05. The fraction of sp³-hybridized carbons (Fsp3) is 1.00. The molecule has 1 aliphatic heterocycles. The number of hydrogen-bond donors (Lipinski definition) is 1. The monoisotopic (exact) mass is 146 g/mol. The third kappa shape index (κ3) is 2.25. The molecular weight excluding hydrogens is 132 g/mol. The Hall–Kier alpha value is -0.120. The molecule has 0 amide bonds. The van der Waals surface area contributed by atoms with Crippen LogP contribution in [0.25, 0.3) is 0 Å². The molecule has 0 aliphatic carbocycles. The van der Waals surface area contributed by atoms with Gasteiger partial charge in [0.2, 0.25) is 0 Å². The summed E-state index contributed by atoms with van der Waals surface area (Å²) in [5, 5.41) is 9.05. The van der Waals surface area contributed by atoms with Gasteiger partial charge < -0.3 is 14.6 Å². The second-order valence-corrected chi connectivity index (χ2v) is 2.55. The molecule has 2 atom stereocenters. The molecule has 1 rings (SSSR count). The summed E-state index contributed by atoms with van der Waals surface area (Å²) in [7, 11) is 0. The van der Waals surface area contributed by atoms with Crippen molar-refractivity contribution in [3.8, 4) is 0 Å². The molecule has 0 saturated carbocycles. The number of aliphatic hydroxyl groups is 1. The van der Waals surface area contributed by atoms with Gasteiger partial charge in [0.1, 0.15) is 6.10 Å². The van der Waals surface area contributed by atoms with E-state index >= 15 is 0 Å². The van der Waals surface area contributed by atoms with Crippen LogP contribution >= 0.6 is 0 Å². The number of ether oxygens (including phenoxy) is 2. The molecule has 1 N–H and O–H groups in total. The van der Waals surface area contributed by atoms with Crippen molar-refractivity contribution in [1.82, 2.24) is 0 Å². The molecule has 1 fully saturated rings. The maximum Gasteiger partial charge on any atom is 0.101 e. The van der Waals surface area contributed by atoms with E-state index in [0.717, 1.165) is 6.42 Å². The average Bonchev–Trinajstić information content (AvgIpc) is 2.14. The van der Waals surface area contributed by atoms with Gasteiger partial charge in [0, 0.05) is 0 Å². The molecule has 1 heterocycles. The second-order valence-electron chi connectivity index (χ2n) is 2.55. The lowest BCUT2D eigenvalue weighted by Crippen LogP contribution is -2.19. The Morgan fingerprint density at radius 1 is 1.40 bits per heavy atom. The largest absolute Gasteiger partial charge is 0.388 e. The zero-order chi connectivity index (χ0) is 7.40.